The molecule has 25 heavy (non-hydrogen) atoms. The fraction of sp³-hybridized carbons (Fsp3) is 0.0476. The van der Waals surface area contributed by atoms with Gasteiger partial charge >= 0.3 is 0 Å². The third-order valence-corrected chi connectivity index (χ3v) is 4.75. The van der Waals surface area contributed by atoms with Crippen LogP contribution in [-0.2, 0) is 0 Å². The van der Waals surface area contributed by atoms with E-state index in [2.05, 4.69) is 52.2 Å². The first-order valence-electron chi connectivity index (χ1n) is 8.06. The average Bonchev–Trinajstić information content (AvgIpc) is 3.06. The molecule has 0 aliphatic carbocycles. The second kappa shape index (κ2) is 6.95. The maximum absolute atomic E-state index is 4.77. The second-order valence-corrected chi connectivity index (χ2v) is 6.47. The number of thioether (sulfide) groups is 1. The monoisotopic (exact) mass is 343 g/mol. The van der Waals surface area contributed by atoms with Gasteiger partial charge in [-0.1, -0.05) is 36.4 Å². The first-order valence-corrected chi connectivity index (χ1v) is 9.29. The van der Waals surface area contributed by atoms with Crippen LogP contribution >= 0.6 is 11.8 Å². The van der Waals surface area contributed by atoms with E-state index in [1.165, 1.54) is 4.90 Å². The van der Waals surface area contributed by atoms with Gasteiger partial charge < -0.3 is 0 Å². The zero-order chi connectivity index (χ0) is 17.1. The highest BCUT2D eigenvalue weighted by Gasteiger charge is 2.10. The lowest BCUT2D eigenvalue weighted by Gasteiger charge is -2.05. The third-order valence-electron chi connectivity index (χ3n) is 4.01. The fourth-order valence-electron chi connectivity index (χ4n) is 2.77. The van der Waals surface area contributed by atoms with Crippen molar-refractivity contribution in [3.05, 3.63) is 84.3 Å². The molecule has 4 aromatic rings. The van der Waals surface area contributed by atoms with E-state index in [0.29, 0.717) is 0 Å². The van der Waals surface area contributed by atoms with Crippen molar-refractivity contribution in [3.63, 3.8) is 0 Å². The Labute approximate surface area is 151 Å². The minimum absolute atomic E-state index is 0.869. The van der Waals surface area contributed by atoms with E-state index < -0.39 is 0 Å². The quantitative estimate of drug-likeness (QED) is 0.470. The average molecular weight is 343 g/mol. The summed E-state index contributed by atoms with van der Waals surface area (Å²) in [5.74, 6) is 1.74. The lowest BCUT2D eigenvalue weighted by atomic mass is 10.2. The molecule has 0 bridgehead atoms. The van der Waals surface area contributed by atoms with Gasteiger partial charge in [0.05, 0.1) is 11.0 Å². The third kappa shape index (κ3) is 3.21. The maximum atomic E-state index is 4.77. The Morgan fingerprint density at radius 2 is 1.68 bits per heavy atom. The van der Waals surface area contributed by atoms with Gasteiger partial charge in [-0.25, -0.2) is 9.97 Å². The van der Waals surface area contributed by atoms with Crippen LogP contribution in [0, 0.1) is 0 Å². The van der Waals surface area contributed by atoms with Gasteiger partial charge in [0.25, 0.3) is 0 Å². The van der Waals surface area contributed by atoms with Crippen molar-refractivity contribution in [1.29, 1.82) is 0 Å². The Hall–Kier alpha value is -2.85. The van der Waals surface area contributed by atoms with Crippen molar-refractivity contribution in [3.8, 4) is 5.82 Å². The van der Waals surface area contributed by atoms with Gasteiger partial charge in [-0.05, 0) is 54.3 Å². The molecule has 0 spiro atoms. The Kier molecular flexibility index (Phi) is 4.36. The Morgan fingerprint density at radius 3 is 2.44 bits per heavy atom. The molecule has 2 aromatic heterocycles. The molecular formula is C21H17N3S. The number of para-hydroxylation sites is 2. The van der Waals surface area contributed by atoms with Crippen LogP contribution in [0.25, 0.3) is 29.0 Å². The summed E-state index contributed by atoms with van der Waals surface area (Å²) < 4.78 is 2.09. The molecule has 0 unspecified atom stereocenters. The minimum Gasteiger partial charge on any atom is -0.277 e. The summed E-state index contributed by atoms with van der Waals surface area (Å²) in [7, 11) is 0. The molecule has 2 heterocycles. The molecular weight excluding hydrogens is 326 g/mol. The number of hydrogen-bond acceptors (Lipinski definition) is 3. The zero-order valence-electron chi connectivity index (χ0n) is 13.8. The van der Waals surface area contributed by atoms with Crippen LogP contribution in [0.3, 0.4) is 0 Å². The number of aromatic nitrogens is 3. The molecule has 0 radical (unpaired) electrons. The molecule has 0 aliphatic rings. The number of hydrogen-bond donors (Lipinski definition) is 0. The molecule has 122 valence electrons. The molecule has 0 amide bonds. The molecule has 2 aromatic carbocycles. The van der Waals surface area contributed by atoms with E-state index in [0.717, 1.165) is 28.2 Å². The van der Waals surface area contributed by atoms with Gasteiger partial charge in [0.1, 0.15) is 11.6 Å². The van der Waals surface area contributed by atoms with Gasteiger partial charge in [-0.2, -0.15) is 0 Å². The molecule has 0 aliphatic heterocycles. The highest BCUT2D eigenvalue weighted by molar-refractivity contribution is 7.98. The zero-order valence-corrected chi connectivity index (χ0v) is 14.6. The molecule has 0 saturated heterocycles. The second-order valence-electron chi connectivity index (χ2n) is 5.59. The van der Waals surface area contributed by atoms with Gasteiger partial charge in [0, 0.05) is 11.1 Å². The molecule has 0 N–H and O–H groups in total. The topological polar surface area (TPSA) is 30.7 Å². The summed E-state index contributed by atoms with van der Waals surface area (Å²) in [6.07, 6.45) is 8.02. The van der Waals surface area contributed by atoms with Crippen molar-refractivity contribution < 1.29 is 0 Å². The van der Waals surface area contributed by atoms with Gasteiger partial charge in [0.2, 0.25) is 0 Å². The lowest BCUT2D eigenvalue weighted by molar-refractivity contribution is 1.01. The Morgan fingerprint density at radius 1 is 0.880 bits per heavy atom. The highest BCUT2D eigenvalue weighted by atomic mass is 32.2. The van der Waals surface area contributed by atoms with E-state index in [-0.39, 0.29) is 0 Å². The molecule has 0 saturated carbocycles. The van der Waals surface area contributed by atoms with Crippen LogP contribution in [0.5, 0.6) is 0 Å². The van der Waals surface area contributed by atoms with Gasteiger partial charge in [-0.15, -0.1) is 11.8 Å². The summed E-state index contributed by atoms with van der Waals surface area (Å²) in [6, 6.07) is 22.5. The number of imidazole rings is 1. The minimum atomic E-state index is 0.869. The summed E-state index contributed by atoms with van der Waals surface area (Å²) in [4.78, 5) is 10.5. The van der Waals surface area contributed by atoms with E-state index in [9.17, 15) is 0 Å². The van der Waals surface area contributed by atoms with Crippen LogP contribution < -0.4 is 0 Å². The van der Waals surface area contributed by atoms with Crippen LogP contribution in [0.1, 0.15) is 11.4 Å². The van der Waals surface area contributed by atoms with Crippen molar-refractivity contribution in [2.75, 3.05) is 6.26 Å². The molecule has 4 rings (SSSR count). The van der Waals surface area contributed by atoms with E-state index in [1.807, 2.05) is 42.5 Å². The molecule has 0 fully saturated rings. The van der Waals surface area contributed by atoms with Gasteiger partial charge in [-0.3, -0.25) is 4.57 Å². The predicted molar refractivity (Wildman–Crippen MR) is 106 cm³/mol. The Bertz CT molecular complexity index is 1020. The largest absolute Gasteiger partial charge is 0.277 e. The van der Waals surface area contributed by atoms with E-state index in [4.69, 9.17) is 4.98 Å². The first kappa shape index (κ1) is 15.7. The number of rotatable bonds is 4. The molecule has 4 heteroatoms. The predicted octanol–water partition coefficient (Wildman–Crippen LogP) is 5.31. The number of pyridine rings is 1. The SMILES string of the molecule is CSc1ccc(C=Cc2nc3ccccc3n2-c2ccccn2)cc1. The smallest absolute Gasteiger partial charge is 0.139 e. The number of fused-ring (bicyclic) bond motifs is 1. The van der Waals surface area contributed by atoms with Crippen LogP contribution in [0.2, 0.25) is 0 Å². The molecule has 0 atom stereocenters. The summed E-state index contributed by atoms with van der Waals surface area (Å²) >= 11 is 1.75. The van der Waals surface area contributed by atoms with Crippen LogP contribution in [-0.4, -0.2) is 20.8 Å². The van der Waals surface area contributed by atoms with E-state index in [1.54, 1.807) is 18.0 Å². The summed E-state index contributed by atoms with van der Waals surface area (Å²) in [5, 5.41) is 0. The summed E-state index contributed by atoms with van der Waals surface area (Å²) in [6.45, 7) is 0. The van der Waals surface area contributed by atoms with Crippen LogP contribution in [0.15, 0.2) is 77.8 Å². The lowest BCUT2D eigenvalue weighted by Crippen LogP contribution is -1.99. The highest BCUT2D eigenvalue weighted by Crippen LogP contribution is 2.22. The fourth-order valence-corrected chi connectivity index (χ4v) is 3.18. The van der Waals surface area contributed by atoms with Crippen molar-refractivity contribution in [1.82, 2.24) is 14.5 Å². The first-order chi connectivity index (χ1) is 12.3. The van der Waals surface area contributed by atoms with Crippen molar-refractivity contribution in [2.45, 2.75) is 4.90 Å². The number of benzene rings is 2. The van der Waals surface area contributed by atoms with Crippen LogP contribution in [0.4, 0.5) is 0 Å². The normalized spacial score (nSPS) is 11.4. The maximum Gasteiger partial charge on any atom is 0.139 e. The Balaban J connectivity index is 1.79. The molecule has 3 nitrogen and oxygen atoms in total. The van der Waals surface area contributed by atoms with E-state index >= 15 is 0 Å². The van der Waals surface area contributed by atoms with Gasteiger partial charge in [0.15, 0.2) is 0 Å². The number of nitrogens with zero attached hydrogens (tertiary/aromatic N) is 3. The standard InChI is InChI=1S/C21H17N3S/c1-25-17-12-9-16(10-13-17)11-14-21-23-18-6-2-3-7-19(18)24(21)20-8-4-5-15-22-20/h2-15H,1H3. The van der Waals surface area contributed by atoms with Crippen molar-refractivity contribution in [2.24, 2.45) is 0 Å². The summed E-state index contributed by atoms with van der Waals surface area (Å²) in [5.41, 5.74) is 3.17. The van der Waals surface area contributed by atoms with Crippen molar-refractivity contribution >= 4 is 34.9 Å².